The molecule has 1 N–H and O–H groups in total. The van der Waals surface area contributed by atoms with Gasteiger partial charge in [-0.3, -0.25) is 5.32 Å². The summed E-state index contributed by atoms with van der Waals surface area (Å²) in [6, 6.07) is 5.38. The monoisotopic (exact) mass is 243 g/mol. The number of ether oxygens (including phenoxy) is 2. The van der Waals surface area contributed by atoms with Gasteiger partial charge in [0.25, 0.3) is 0 Å². The highest BCUT2D eigenvalue weighted by Gasteiger charge is 2.08. The van der Waals surface area contributed by atoms with Gasteiger partial charge >= 0.3 is 6.09 Å². The van der Waals surface area contributed by atoms with Crippen LogP contribution in [-0.2, 0) is 9.47 Å². The van der Waals surface area contributed by atoms with E-state index in [1.165, 1.54) is 0 Å². The van der Waals surface area contributed by atoms with Crippen molar-refractivity contribution < 1.29 is 14.3 Å². The number of hydrogen-bond donors (Lipinski definition) is 1. The lowest BCUT2D eigenvalue weighted by molar-refractivity contribution is 0.107. The third kappa shape index (κ3) is 3.72. The number of para-hydroxylation sites is 1. The summed E-state index contributed by atoms with van der Waals surface area (Å²) in [6.07, 6.45) is -0.534. The summed E-state index contributed by atoms with van der Waals surface area (Å²) >= 11 is 5.94. The van der Waals surface area contributed by atoms with Gasteiger partial charge in [-0.15, -0.1) is 0 Å². The minimum absolute atomic E-state index is 0.214. The van der Waals surface area contributed by atoms with E-state index >= 15 is 0 Å². The van der Waals surface area contributed by atoms with Gasteiger partial charge in [0, 0.05) is 7.11 Å². The molecule has 1 amide bonds. The molecule has 0 bridgehead atoms. The van der Waals surface area contributed by atoms with Crippen molar-refractivity contribution in [2.75, 3.05) is 25.6 Å². The normalized spacial score (nSPS) is 9.94. The van der Waals surface area contributed by atoms with E-state index in [9.17, 15) is 4.79 Å². The number of amides is 1. The fraction of sp³-hybridized carbons (Fsp3) is 0.364. The lowest BCUT2D eigenvalue weighted by Gasteiger charge is -2.10. The first-order chi connectivity index (χ1) is 7.65. The number of carbonyl (C=O) groups is 1. The average molecular weight is 244 g/mol. The van der Waals surface area contributed by atoms with Crippen molar-refractivity contribution in [2.24, 2.45) is 0 Å². The van der Waals surface area contributed by atoms with E-state index in [1.54, 1.807) is 13.2 Å². The predicted octanol–water partition coefficient (Wildman–Crippen LogP) is 2.84. The molecule has 0 aromatic heterocycles. The number of benzene rings is 1. The Morgan fingerprint density at radius 2 is 2.19 bits per heavy atom. The third-order valence-corrected chi connectivity index (χ3v) is 2.28. The standard InChI is InChI=1S/C11H14ClNO3/c1-8-4-3-5-9(12)10(8)13-11(14)16-7-6-15-2/h3-5H,6-7H2,1-2H3,(H,13,14). The van der Waals surface area contributed by atoms with Gasteiger partial charge in [-0.1, -0.05) is 23.7 Å². The molecule has 0 saturated heterocycles. The van der Waals surface area contributed by atoms with Crippen molar-refractivity contribution in [3.8, 4) is 0 Å². The summed E-state index contributed by atoms with van der Waals surface area (Å²) < 4.78 is 9.62. The quantitative estimate of drug-likeness (QED) is 0.828. The first kappa shape index (κ1) is 12.8. The summed E-state index contributed by atoms with van der Waals surface area (Å²) in [6.45, 7) is 2.44. The van der Waals surface area contributed by atoms with Crippen LogP contribution in [0.15, 0.2) is 18.2 Å². The fourth-order valence-corrected chi connectivity index (χ4v) is 1.42. The van der Waals surface area contributed by atoms with Crippen LogP contribution in [0.4, 0.5) is 10.5 Å². The van der Waals surface area contributed by atoms with Crippen molar-refractivity contribution in [3.63, 3.8) is 0 Å². The Labute approximate surface area is 99.5 Å². The molecule has 0 aliphatic rings. The zero-order valence-corrected chi connectivity index (χ0v) is 10.0. The first-order valence-electron chi connectivity index (χ1n) is 4.83. The van der Waals surface area contributed by atoms with Crippen LogP contribution in [0.1, 0.15) is 5.56 Å². The maximum absolute atomic E-state index is 11.3. The van der Waals surface area contributed by atoms with Gasteiger partial charge in [0.05, 0.1) is 17.3 Å². The lowest BCUT2D eigenvalue weighted by Crippen LogP contribution is -2.17. The predicted molar refractivity (Wildman–Crippen MR) is 63.0 cm³/mol. The topological polar surface area (TPSA) is 47.6 Å². The minimum atomic E-state index is -0.534. The number of carbonyl (C=O) groups excluding carboxylic acids is 1. The summed E-state index contributed by atoms with van der Waals surface area (Å²) in [5.74, 6) is 0. The second-order valence-corrected chi connectivity index (χ2v) is 3.59. The van der Waals surface area contributed by atoms with E-state index in [0.717, 1.165) is 5.56 Å². The van der Waals surface area contributed by atoms with E-state index in [2.05, 4.69) is 5.32 Å². The van der Waals surface area contributed by atoms with Crippen molar-refractivity contribution in [2.45, 2.75) is 6.92 Å². The minimum Gasteiger partial charge on any atom is -0.447 e. The molecule has 0 fully saturated rings. The van der Waals surface area contributed by atoms with Crippen LogP contribution < -0.4 is 5.32 Å². The summed E-state index contributed by atoms with van der Waals surface area (Å²) in [5.41, 5.74) is 1.46. The van der Waals surface area contributed by atoms with Crippen LogP contribution in [0.25, 0.3) is 0 Å². The fourth-order valence-electron chi connectivity index (χ4n) is 1.15. The maximum Gasteiger partial charge on any atom is 0.411 e. The Balaban J connectivity index is 2.56. The molecule has 0 atom stereocenters. The number of hydrogen-bond acceptors (Lipinski definition) is 3. The van der Waals surface area contributed by atoms with Crippen molar-refractivity contribution in [3.05, 3.63) is 28.8 Å². The SMILES string of the molecule is COCCOC(=O)Nc1c(C)cccc1Cl. The number of aryl methyl sites for hydroxylation is 1. The van der Waals surface area contributed by atoms with Gasteiger partial charge < -0.3 is 9.47 Å². The number of methoxy groups -OCH3 is 1. The van der Waals surface area contributed by atoms with Gasteiger partial charge in [-0.05, 0) is 18.6 Å². The Hall–Kier alpha value is -1.26. The van der Waals surface area contributed by atoms with Crippen LogP contribution in [0.2, 0.25) is 5.02 Å². The van der Waals surface area contributed by atoms with Crippen LogP contribution in [0.5, 0.6) is 0 Å². The van der Waals surface area contributed by atoms with Crippen LogP contribution in [-0.4, -0.2) is 26.4 Å². The number of halogens is 1. The molecule has 4 nitrogen and oxygen atoms in total. The Morgan fingerprint density at radius 1 is 1.44 bits per heavy atom. The molecule has 88 valence electrons. The van der Waals surface area contributed by atoms with Crippen LogP contribution in [0.3, 0.4) is 0 Å². The number of anilines is 1. The molecule has 0 spiro atoms. The van der Waals surface area contributed by atoms with Crippen molar-refractivity contribution >= 4 is 23.4 Å². The Bertz CT molecular complexity index is 348. The second kappa shape index (κ2) is 6.35. The molecule has 1 aromatic carbocycles. The highest BCUT2D eigenvalue weighted by molar-refractivity contribution is 6.33. The molecule has 5 heteroatoms. The number of rotatable bonds is 4. The highest BCUT2D eigenvalue weighted by Crippen LogP contribution is 2.25. The van der Waals surface area contributed by atoms with Gasteiger partial charge in [0.1, 0.15) is 6.61 Å². The van der Waals surface area contributed by atoms with Crippen molar-refractivity contribution in [1.82, 2.24) is 0 Å². The molecule has 0 saturated carbocycles. The molecule has 16 heavy (non-hydrogen) atoms. The van der Waals surface area contributed by atoms with E-state index in [1.807, 2.05) is 19.1 Å². The van der Waals surface area contributed by atoms with Crippen molar-refractivity contribution in [1.29, 1.82) is 0 Å². The molecular weight excluding hydrogens is 230 g/mol. The molecule has 0 radical (unpaired) electrons. The number of nitrogens with one attached hydrogen (secondary N) is 1. The molecule has 0 heterocycles. The molecule has 0 unspecified atom stereocenters. The lowest BCUT2D eigenvalue weighted by atomic mass is 10.2. The van der Waals surface area contributed by atoms with E-state index < -0.39 is 6.09 Å². The third-order valence-electron chi connectivity index (χ3n) is 1.97. The van der Waals surface area contributed by atoms with Gasteiger partial charge in [0.15, 0.2) is 0 Å². The largest absolute Gasteiger partial charge is 0.447 e. The Morgan fingerprint density at radius 3 is 2.81 bits per heavy atom. The highest BCUT2D eigenvalue weighted by atomic mass is 35.5. The summed E-state index contributed by atoms with van der Waals surface area (Å²) in [5, 5.41) is 3.08. The van der Waals surface area contributed by atoms with Gasteiger partial charge in [-0.25, -0.2) is 4.79 Å². The average Bonchev–Trinajstić information content (AvgIpc) is 2.24. The zero-order chi connectivity index (χ0) is 12.0. The molecule has 1 aromatic rings. The zero-order valence-electron chi connectivity index (χ0n) is 9.25. The van der Waals surface area contributed by atoms with Gasteiger partial charge in [-0.2, -0.15) is 0 Å². The van der Waals surface area contributed by atoms with Gasteiger partial charge in [0.2, 0.25) is 0 Å². The maximum atomic E-state index is 11.3. The summed E-state index contributed by atoms with van der Waals surface area (Å²) in [4.78, 5) is 11.3. The Kier molecular flexibility index (Phi) is 5.08. The molecule has 0 aliphatic heterocycles. The van der Waals surface area contributed by atoms with E-state index in [-0.39, 0.29) is 6.61 Å². The van der Waals surface area contributed by atoms with Crippen LogP contribution in [0, 0.1) is 6.92 Å². The van der Waals surface area contributed by atoms with Crippen LogP contribution >= 0.6 is 11.6 Å². The summed E-state index contributed by atoms with van der Waals surface area (Å²) in [7, 11) is 1.54. The second-order valence-electron chi connectivity index (χ2n) is 3.19. The first-order valence-corrected chi connectivity index (χ1v) is 5.20. The van der Waals surface area contributed by atoms with E-state index in [4.69, 9.17) is 21.1 Å². The molecular formula is C11H14ClNO3. The molecule has 0 aliphatic carbocycles. The molecule has 1 rings (SSSR count). The van der Waals surface area contributed by atoms with E-state index in [0.29, 0.717) is 17.3 Å². The smallest absolute Gasteiger partial charge is 0.411 e.